The molecule has 3 aliphatic heterocycles. The van der Waals surface area contributed by atoms with E-state index in [1.807, 2.05) is 0 Å². The van der Waals surface area contributed by atoms with Crippen LogP contribution in [0.3, 0.4) is 0 Å². The van der Waals surface area contributed by atoms with Crippen molar-refractivity contribution in [3.63, 3.8) is 0 Å². The molecule has 3 fully saturated rings. The second kappa shape index (κ2) is 6.97. The van der Waals surface area contributed by atoms with Crippen molar-refractivity contribution in [2.75, 3.05) is 45.9 Å². The molecule has 122 valence electrons. The average molecular weight is 294 g/mol. The maximum absolute atomic E-state index is 5.85. The number of piperidine rings is 1. The van der Waals surface area contributed by atoms with Gasteiger partial charge in [0.25, 0.3) is 0 Å². The summed E-state index contributed by atoms with van der Waals surface area (Å²) in [5.74, 6) is 1.81. The van der Waals surface area contributed by atoms with Gasteiger partial charge in [-0.3, -0.25) is 0 Å². The Bertz CT molecular complexity index is 317. The molecule has 3 saturated heterocycles. The van der Waals surface area contributed by atoms with Gasteiger partial charge in [-0.15, -0.1) is 0 Å². The van der Waals surface area contributed by atoms with Gasteiger partial charge in [-0.05, 0) is 90.4 Å². The minimum absolute atomic E-state index is 0.108. The van der Waals surface area contributed by atoms with Crippen molar-refractivity contribution in [2.45, 2.75) is 58.0 Å². The van der Waals surface area contributed by atoms with Crippen LogP contribution in [0.1, 0.15) is 52.4 Å². The van der Waals surface area contributed by atoms with E-state index in [2.05, 4.69) is 23.6 Å². The number of rotatable bonds is 4. The number of likely N-dealkylation sites (tertiary alicyclic amines) is 2. The minimum atomic E-state index is 0.108. The van der Waals surface area contributed by atoms with E-state index < -0.39 is 0 Å². The molecule has 3 aliphatic rings. The SMILES string of the molecule is CC1(C)CC(CN2CCC(CN3CCCC3)CC2)CCO1. The molecule has 0 aromatic rings. The summed E-state index contributed by atoms with van der Waals surface area (Å²) < 4.78 is 5.85. The quantitative estimate of drug-likeness (QED) is 0.793. The van der Waals surface area contributed by atoms with Gasteiger partial charge in [0.2, 0.25) is 0 Å². The smallest absolute Gasteiger partial charge is 0.0629 e. The maximum Gasteiger partial charge on any atom is 0.0629 e. The zero-order chi connectivity index (χ0) is 14.7. The highest BCUT2D eigenvalue weighted by atomic mass is 16.5. The first-order chi connectivity index (χ1) is 10.1. The van der Waals surface area contributed by atoms with Crippen molar-refractivity contribution in [3.8, 4) is 0 Å². The minimum Gasteiger partial charge on any atom is -0.376 e. The summed E-state index contributed by atoms with van der Waals surface area (Å²) >= 11 is 0. The van der Waals surface area contributed by atoms with Gasteiger partial charge in [0, 0.05) is 19.7 Å². The van der Waals surface area contributed by atoms with E-state index in [0.717, 1.165) is 18.4 Å². The predicted octanol–water partition coefficient (Wildman–Crippen LogP) is 3.00. The lowest BCUT2D eigenvalue weighted by molar-refractivity contribution is -0.0778. The Labute approximate surface area is 131 Å². The van der Waals surface area contributed by atoms with Crippen molar-refractivity contribution >= 4 is 0 Å². The molecule has 0 amide bonds. The highest BCUT2D eigenvalue weighted by Crippen LogP contribution is 2.30. The highest BCUT2D eigenvalue weighted by Gasteiger charge is 2.31. The zero-order valence-electron chi connectivity index (χ0n) is 14.1. The Morgan fingerprint density at radius 1 is 0.857 bits per heavy atom. The molecule has 0 aromatic heterocycles. The monoisotopic (exact) mass is 294 g/mol. The summed E-state index contributed by atoms with van der Waals surface area (Å²) in [5.41, 5.74) is 0.108. The predicted molar refractivity (Wildman–Crippen MR) is 87.6 cm³/mol. The Morgan fingerprint density at radius 3 is 2.14 bits per heavy atom. The third-order valence-corrected chi connectivity index (χ3v) is 5.74. The van der Waals surface area contributed by atoms with Crippen LogP contribution in [0.4, 0.5) is 0 Å². The lowest BCUT2D eigenvalue weighted by Crippen LogP contribution is -2.43. The second-order valence-electron chi connectivity index (χ2n) is 8.22. The second-order valence-corrected chi connectivity index (χ2v) is 8.22. The van der Waals surface area contributed by atoms with Crippen molar-refractivity contribution < 1.29 is 4.74 Å². The Morgan fingerprint density at radius 2 is 1.48 bits per heavy atom. The molecular weight excluding hydrogens is 260 g/mol. The molecule has 1 atom stereocenters. The summed E-state index contributed by atoms with van der Waals surface area (Å²) in [6, 6.07) is 0. The molecular formula is C18H34N2O. The molecule has 3 heteroatoms. The van der Waals surface area contributed by atoms with E-state index in [9.17, 15) is 0 Å². The third kappa shape index (κ3) is 4.67. The summed E-state index contributed by atoms with van der Waals surface area (Å²) in [6.07, 6.45) is 8.20. The molecule has 21 heavy (non-hydrogen) atoms. The summed E-state index contributed by atoms with van der Waals surface area (Å²) in [5, 5.41) is 0. The number of hydrogen-bond donors (Lipinski definition) is 0. The van der Waals surface area contributed by atoms with Crippen molar-refractivity contribution in [1.29, 1.82) is 0 Å². The van der Waals surface area contributed by atoms with Gasteiger partial charge in [-0.25, -0.2) is 0 Å². The van der Waals surface area contributed by atoms with Crippen molar-refractivity contribution in [2.24, 2.45) is 11.8 Å². The van der Waals surface area contributed by atoms with Crippen LogP contribution in [0, 0.1) is 11.8 Å². The number of hydrogen-bond acceptors (Lipinski definition) is 3. The Hall–Kier alpha value is -0.120. The number of nitrogens with zero attached hydrogens (tertiary/aromatic N) is 2. The van der Waals surface area contributed by atoms with E-state index in [1.165, 1.54) is 77.8 Å². The van der Waals surface area contributed by atoms with Gasteiger partial charge < -0.3 is 14.5 Å². The molecule has 0 spiro atoms. The Kier molecular flexibility index (Phi) is 5.23. The van der Waals surface area contributed by atoms with Crippen LogP contribution >= 0.6 is 0 Å². The van der Waals surface area contributed by atoms with Crippen molar-refractivity contribution in [1.82, 2.24) is 9.80 Å². The Balaban J connectivity index is 1.37. The van der Waals surface area contributed by atoms with Gasteiger partial charge in [0.1, 0.15) is 0 Å². The standard InChI is InChI=1S/C18H34N2O/c1-18(2)13-17(7-12-21-18)15-20-10-5-16(6-11-20)14-19-8-3-4-9-19/h16-17H,3-15H2,1-2H3. The van der Waals surface area contributed by atoms with Crippen LogP contribution in [0.15, 0.2) is 0 Å². The summed E-state index contributed by atoms with van der Waals surface area (Å²) in [4.78, 5) is 5.42. The molecule has 0 radical (unpaired) electrons. The van der Waals surface area contributed by atoms with Gasteiger partial charge in [-0.2, -0.15) is 0 Å². The molecule has 0 aliphatic carbocycles. The molecule has 1 unspecified atom stereocenters. The van der Waals surface area contributed by atoms with Gasteiger partial charge in [-0.1, -0.05) is 0 Å². The summed E-state index contributed by atoms with van der Waals surface area (Å²) in [6.45, 7) is 13.5. The van der Waals surface area contributed by atoms with Crippen LogP contribution < -0.4 is 0 Å². The fraction of sp³-hybridized carbons (Fsp3) is 1.00. The lowest BCUT2D eigenvalue weighted by atomic mass is 9.87. The first-order valence-corrected chi connectivity index (χ1v) is 9.19. The maximum atomic E-state index is 5.85. The molecule has 0 saturated carbocycles. The topological polar surface area (TPSA) is 15.7 Å². The number of ether oxygens (including phenoxy) is 1. The van der Waals surface area contributed by atoms with E-state index in [-0.39, 0.29) is 5.60 Å². The highest BCUT2D eigenvalue weighted by molar-refractivity contribution is 4.83. The van der Waals surface area contributed by atoms with E-state index >= 15 is 0 Å². The first-order valence-electron chi connectivity index (χ1n) is 9.19. The lowest BCUT2D eigenvalue weighted by Gasteiger charge is -2.40. The van der Waals surface area contributed by atoms with E-state index in [0.29, 0.717) is 0 Å². The van der Waals surface area contributed by atoms with Gasteiger partial charge >= 0.3 is 0 Å². The van der Waals surface area contributed by atoms with Crippen LogP contribution in [-0.2, 0) is 4.74 Å². The largest absolute Gasteiger partial charge is 0.376 e. The van der Waals surface area contributed by atoms with Crippen LogP contribution in [0.5, 0.6) is 0 Å². The van der Waals surface area contributed by atoms with Crippen LogP contribution in [-0.4, -0.2) is 61.3 Å². The fourth-order valence-corrected chi connectivity index (χ4v) is 4.56. The first kappa shape index (κ1) is 15.8. The van der Waals surface area contributed by atoms with Crippen molar-refractivity contribution in [3.05, 3.63) is 0 Å². The molecule has 0 aromatic carbocycles. The van der Waals surface area contributed by atoms with E-state index in [1.54, 1.807) is 0 Å². The molecule has 3 nitrogen and oxygen atoms in total. The molecule has 3 heterocycles. The summed E-state index contributed by atoms with van der Waals surface area (Å²) in [7, 11) is 0. The van der Waals surface area contributed by atoms with Gasteiger partial charge in [0.05, 0.1) is 5.60 Å². The van der Waals surface area contributed by atoms with E-state index in [4.69, 9.17) is 4.74 Å². The molecule has 0 N–H and O–H groups in total. The molecule has 0 bridgehead atoms. The fourth-order valence-electron chi connectivity index (χ4n) is 4.56. The third-order valence-electron chi connectivity index (χ3n) is 5.74. The zero-order valence-corrected chi connectivity index (χ0v) is 14.1. The normalized spacial score (nSPS) is 32.6. The average Bonchev–Trinajstić information content (AvgIpc) is 2.93. The molecule has 3 rings (SSSR count). The van der Waals surface area contributed by atoms with Gasteiger partial charge in [0.15, 0.2) is 0 Å². The van der Waals surface area contributed by atoms with Crippen LogP contribution in [0.25, 0.3) is 0 Å². The van der Waals surface area contributed by atoms with Crippen LogP contribution in [0.2, 0.25) is 0 Å².